The summed E-state index contributed by atoms with van der Waals surface area (Å²) in [7, 11) is 0. The predicted octanol–water partition coefficient (Wildman–Crippen LogP) is 1.64. The quantitative estimate of drug-likeness (QED) is 0.630. The Morgan fingerprint density at radius 2 is 2.29 bits per heavy atom. The fourth-order valence-electron chi connectivity index (χ4n) is 1.86. The average molecular weight is 189 g/mol. The van der Waals surface area contributed by atoms with Crippen molar-refractivity contribution < 1.29 is 4.39 Å². The summed E-state index contributed by atoms with van der Waals surface area (Å²) in [5.41, 5.74) is 2.14. The van der Waals surface area contributed by atoms with Crippen molar-refractivity contribution in [2.45, 2.75) is 13.0 Å². The number of aromatic nitrogens is 3. The molecule has 3 heterocycles. The summed E-state index contributed by atoms with van der Waals surface area (Å²) >= 11 is 0. The monoisotopic (exact) mass is 189 g/mol. The van der Waals surface area contributed by atoms with E-state index in [4.69, 9.17) is 0 Å². The Hall–Kier alpha value is -1.71. The zero-order valence-corrected chi connectivity index (χ0v) is 7.44. The second-order valence-corrected chi connectivity index (χ2v) is 3.34. The van der Waals surface area contributed by atoms with Crippen LogP contribution in [0.3, 0.4) is 0 Å². The lowest BCUT2D eigenvalue weighted by atomic mass is 10.0. The lowest BCUT2D eigenvalue weighted by molar-refractivity contribution is 0.493. The van der Waals surface area contributed by atoms with E-state index in [1.807, 2.05) is 12.3 Å². The highest BCUT2D eigenvalue weighted by molar-refractivity contribution is 5.61. The molecule has 2 aromatic rings. The first kappa shape index (κ1) is 7.67. The van der Waals surface area contributed by atoms with Gasteiger partial charge in [-0.15, -0.1) is 0 Å². The van der Waals surface area contributed by atoms with E-state index in [1.54, 1.807) is 10.8 Å². The molecule has 4 heteroatoms. The topological polar surface area (TPSA) is 30.7 Å². The van der Waals surface area contributed by atoms with E-state index in [1.165, 1.54) is 6.20 Å². The van der Waals surface area contributed by atoms with E-state index in [2.05, 4.69) is 9.97 Å². The van der Waals surface area contributed by atoms with Crippen molar-refractivity contribution in [2.24, 2.45) is 0 Å². The van der Waals surface area contributed by atoms with Crippen LogP contribution >= 0.6 is 0 Å². The Bertz CT molecular complexity index is 490. The highest BCUT2D eigenvalue weighted by Gasteiger charge is 2.19. The van der Waals surface area contributed by atoms with Crippen molar-refractivity contribution in [3.63, 3.8) is 0 Å². The fourth-order valence-corrected chi connectivity index (χ4v) is 1.86. The van der Waals surface area contributed by atoms with Crippen LogP contribution in [0.2, 0.25) is 0 Å². The van der Waals surface area contributed by atoms with Crippen LogP contribution in [-0.4, -0.2) is 14.5 Å². The Kier molecular flexibility index (Phi) is 1.45. The van der Waals surface area contributed by atoms with Gasteiger partial charge in [0.1, 0.15) is 5.82 Å². The second-order valence-electron chi connectivity index (χ2n) is 3.34. The van der Waals surface area contributed by atoms with E-state index in [-0.39, 0.29) is 5.95 Å². The summed E-state index contributed by atoms with van der Waals surface area (Å²) < 4.78 is 14.8. The van der Waals surface area contributed by atoms with Gasteiger partial charge in [-0.05, 0) is 18.1 Å². The molecule has 0 N–H and O–H groups in total. The molecule has 1 aliphatic heterocycles. The molecule has 0 atom stereocenters. The molecule has 0 aliphatic carbocycles. The molecule has 3 nitrogen and oxygen atoms in total. The molecule has 0 bridgehead atoms. The largest absolute Gasteiger partial charge is 0.301 e. The number of pyridine rings is 1. The summed E-state index contributed by atoms with van der Waals surface area (Å²) in [6.45, 7) is 0.653. The highest BCUT2D eigenvalue weighted by atomic mass is 19.1. The second kappa shape index (κ2) is 2.64. The number of halogens is 1. The maximum absolute atomic E-state index is 13.2. The van der Waals surface area contributed by atoms with Crippen LogP contribution in [0, 0.1) is 5.95 Å². The van der Waals surface area contributed by atoms with Crippen molar-refractivity contribution in [3.05, 3.63) is 36.2 Å². The Balaban J connectivity index is 2.29. The number of fused-ring (bicyclic) bond motifs is 3. The SMILES string of the molecule is Fc1cnc2n1CCc1cnccc1-2. The first-order valence-corrected chi connectivity index (χ1v) is 4.50. The van der Waals surface area contributed by atoms with Gasteiger partial charge >= 0.3 is 0 Å². The average Bonchev–Trinajstić information content (AvgIpc) is 2.61. The Morgan fingerprint density at radius 3 is 3.21 bits per heavy atom. The molecule has 70 valence electrons. The van der Waals surface area contributed by atoms with Gasteiger partial charge in [0.15, 0.2) is 0 Å². The fraction of sp³-hybridized carbons (Fsp3) is 0.200. The number of rotatable bonds is 0. The van der Waals surface area contributed by atoms with Crippen molar-refractivity contribution in [1.82, 2.24) is 14.5 Å². The number of hydrogen-bond donors (Lipinski definition) is 0. The van der Waals surface area contributed by atoms with Gasteiger partial charge in [-0.25, -0.2) is 4.98 Å². The van der Waals surface area contributed by atoms with Crippen LogP contribution in [0.5, 0.6) is 0 Å². The third-order valence-electron chi connectivity index (χ3n) is 2.56. The summed E-state index contributed by atoms with van der Waals surface area (Å²) in [6.07, 6.45) is 5.63. The van der Waals surface area contributed by atoms with Crippen LogP contribution in [0.25, 0.3) is 11.4 Å². The molecule has 0 unspecified atom stereocenters. The molecule has 0 aromatic carbocycles. The summed E-state index contributed by atoms with van der Waals surface area (Å²) in [5.74, 6) is 0.452. The molecule has 0 fully saturated rings. The molecule has 0 radical (unpaired) electrons. The van der Waals surface area contributed by atoms with E-state index < -0.39 is 0 Å². The molecule has 0 amide bonds. The standard InChI is InChI=1S/C10H8FN3/c11-9-6-13-10-8-1-3-12-5-7(8)2-4-14(9)10/h1,3,5-6H,2,4H2. The van der Waals surface area contributed by atoms with Gasteiger partial charge in [-0.2, -0.15) is 4.39 Å². The molecule has 2 aromatic heterocycles. The van der Waals surface area contributed by atoms with Gasteiger partial charge in [0.05, 0.1) is 6.20 Å². The van der Waals surface area contributed by atoms with Crippen molar-refractivity contribution >= 4 is 0 Å². The third-order valence-corrected chi connectivity index (χ3v) is 2.56. The Labute approximate surface area is 80.2 Å². The molecular weight excluding hydrogens is 181 g/mol. The minimum atomic E-state index is -0.262. The number of imidazole rings is 1. The van der Waals surface area contributed by atoms with Crippen LogP contribution in [0.1, 0.15) is 5.56 Å². The van der Waals surface area contributed by atoms with E-state index in [0.717, 1.165) is 17.5 Å². The molecule has 0 saturated heterocycles. The van der Waals surface area contributed by atoms with Gasteiger partial charge in [0, 0.05) is 24.5 Å². The number of aryl methyl sites for hydroxylation is 1. The normalized spacial score (nSPS) is 13.5. The molecule has 3 rings (SSSR count). The molecule has 1 aliphatic rings. The number of nitrogens with zero attached hydrogens (tertiary/aromatic N) is 3. The van der Waals surface area contributed by atoms with Crippen LogP contribution < -0.4 is 0 Å². The van der Waals surface area contributed by atoms with Crippen molar-refractivity contribution in [3.8, 4) is 11.4 Å². The molecular formula is C10H8FN3. The van der Waals surface area contributed by atoms with Crippen LogP contribution in [-0.2, 0) is 13.0 Å². The smallest absolute Gasteiger partial charge is 0.213 e. The van der Waals surface area contributed by atoms with Crippen LogP contribution in [0.15, 0.2) is 24.7 Å². The Morgan fingerprint density at radius 1 is 1.36 bits per heavy atom. The minimum absolute atomic E-state index is 0.262. The number of hydrogen-bond acceptors (Lipinski definition) is 2. The molecule has 0 saturated carbocycles. The van der Waals surface area contributed by atoms with E-state index in [9.17, 15) is 4.39 Å². The molecule has 0 spiro atoms. The van der Waals surface area contributed by atoms with Crippen molar-refractivity contribution in [2.75, 3.05) is 0 Å². The van der Waals surface area contributed by atoms with Crippen LogP contribution in [0.4, 0.5) is 4.39 Å². The zero-order valence-electron chi connectivity index (χ0n) is 7.44. The third kappa shape index (κ3) is 0.907. The van der Waals surface area contributed by atoms with Gasteiger partial charge in [-0.1, -0.05) is 0 Å². The summed E-state index contributed by atoms with van der Waals surface area (Å²) in [5, 5.41) is 0. The molecule has 14 heavy (non-hydrogen) atoms. The first-order chi connectivity index (χ1) is 6.86. The summed E-state index contributed by atoms with van der Waals surface area (Å²) in [6, 6.07) is 1.88. The van der Waals surface area contributed by atoms with E-state index in [0.29, 0.717) is 12.4 Å². The lowest BCUT2D eigenvalue weighted by Gasteiger charge is -2.17. The van der Waals surface area contributed by atoms with Gasteiger partial charge in [0.2, 0.25) is 5.95 Å². The van der Waals surface area contributed by atoms with Gasteiger partial charge in [0.25, 0.3) is 0 Å². The predicted molar refractivity (Wildman–Crippen MR) is 49.1 cm³/mol. The first-order valence-electron chi connectivity index (χ1n) is 4.50. The van der Waals surface area contributed by atoms with E-state index >= 15 is 0 Å². The zero-order chi connectivity index (χ0) is 9.54. The summed E-state index contributed by atoms with van der Waals surface area (Å²) in [4.78, 5) is 8.10. The maximum Gasteiger partial charge on any atom is 0.213 e. The van der Waals surface area contributed by atoms with Gasteiger partial charge in [-0.3, -0.25) is 4.98 Å². The highest BCUT2D eigenvalue weighted by Crippen LogP contribution is 2.27. The minimum Gasteiger partial charge on any atom is -0.301 e. The maximum atomic E-state index is 13.2. The lowest BCUT2D eigenvalue weighted by Crippen LogP contribution is -2.12. The van der Waals surface area contributed by atoms with Crippen molar-refractivity contribution in [1.29, 1.82) is 0 Å². The van der Waals surface area contributed by atoms with Gasteiger partial charge < -0.3 is 4.57 Å².